The third-order valence-corrected chi connectivity index (χ3v) is 7.35. The SMILES string of the molecule is Cc1cc(Cl)n2ncnc(N3CC4(CC(N(CCCC(F)(F)F)S(N)(=O)=O)C4)C3)c12. The first-order valence-electron chi connectivity index (χ1n) is 9.49. The minimum Gasteiger partial charge on any atom is -0.354 e. The number of aryl methyl sites for hydroxylation is 1. The van der Waals surface area contributed by atoms with Crippen molar-refractivity contribution in [3.05, 3.63) is 23.1 Å². The first-order chi connectivity index (χ1) is 13.9. The minimum atomic E-state index is -4.32. The number of anilines is 1. The minimum absolute atomic E-state index is 0.0795. The van der Waals surface area contributed by atoms with Crippen molar-refractivity contribution in [1.82, 2.24) is 18.9 Å². The second-order valence-electron chi connectivity index (χ2n) is 8.29. The molecule has 8 nitrogen and oxygen atoms in total. The molecule has 0 radical (unpaired) electrons. The number of rotatable bonds is 6. The van der Waals surface area contributed by atoms with Gasteiger partial charge in [0.2, 0.25) is 0 Å². The molecule has 13 heteroatoms. The fraction of sp³-hybridized carbons (Fsp3) is 0.647. The van der Waals surface area contributed by atoms with Crippen LogP contribution in [0.4, 0.5) is 19.0 Å². The standard InChI is InChI=1S/C17H22ClF3N6O2S/c1-11-5-13(18)27-14(11)15(23-10-24-27)25-8-16(9-25)6-12(7-16)26(30(22,28)29)4-2-3-17(19,20)21/h5,10,12H,2-4,6-9H2,1H3,(H2,22,28,29). The lowest BCUT2D eigenvalue weighted by Gasteiger charge is -2.60. The molecule has 166 valence electrons. The summed E-state index contributed by atoms with van der Waals surface area (Å²) >= 11 is 6.19. The lowest BCUT2D eigenvalue weighted by Crippen LogP contribution is -2.67. The van der Waals surface area contributed by atoms with Crippen LogP contribution in [-0.4, -0.2) is 59.2 Å². The van der Waals surface area contributed by atoms with E-state index in [0.29, 0.717) is 31.1 Å². The summed E-state index contributed by atoms with van der Waals surface area (Å²) in [6.45, 7) is 3.06. The summed E-state index contributed by atoms with van der Waals surface area (Å²) in [5.41, 5.74) is 1.70. The van der Waals surface area contributed by atoms with Crippen molar-refractivity contribution in [2.45, 2.75) is 44.8 Å². The van der Waals surface area contributed by atoms with E-state index in [1.54, 1.807) is 4.52 Å². The molecule has 2 aromatic rings. The summed E-state index contributed by atoms with van der Waals surface area (Å²) in [5.74, 6) is 0.761. The quantitative estimate of drug-likeness (QED) is 0.705. The average Bonchev–Trinajstić information content (AvgIpc) is 2.83. The first kappa shape index (κ1) is 21.6. The fourth-order valence-corrected chi connectivity index (χ4v) is 5.90. The van der Waals surface area contributed by atoms with E-state index < -0.39 is 22.8 Å². The molecule has 3 heterocycles. The topological polar surface area (TPSA) is 96.8 Å². The van der Waals surface area contributed by atoms with Gasteiger partial charge in [0.25, 0.3) is 10.2 Å². The van der Waals surface area contributed by atoms with E-state index in [-0.39, 0.29) is 24.4 Å². The van der Waals surface area contributed by atoms with Crippen LogP contribution >= 0.6 is 11.6 Å². The summed E-state index contributed by atoms with van der Waals surface area (Å²) in [6.07, 6.45) is -3.09. The molecule has 1 saturated carbocycles. The van der Waals surface area contributed by atoms with Gasteiger partial charge in [-0.3, -0.25) is 0 Å². The normalized spacial score (nSPS) is 19.5. The van der Waals surface area contributed by atoms with Gasteiger partial charge in [-0.05, 0) is 37.8 Å². The maximum atomic E-state index is 12.4. The lowest BCUT2D eigenvalue weighted by atomic mass is 9.60. The van der Waals surface area contributed by atoms with Crippen molar-refractivity contribution >= 4 is 33.1 Å². The molecular weight excluding hydrogens is 445 g/mol. The van der Waals surface area contributed by atoms with Crippen LogP contribution in [0.1, 0.15) is 31.2 Å². The maximum Gasteiger partial charge on any atom is 0.389 e. The van der Waals surface area contributed by atoms with Crippen LogP contribution in [0.3, 0.4) is 0 Å². The lowest BCUT2D eigenvalue weighted by molar-refractivity contribution is -0.136. The van der Waals surface area contributed by atoms with Gasteiger partial charge in [0.15, 0.2) is 5.82 Å². The van der Waals surface area contributed by atoms with Gasteiger partial charge >= 0.3 is 6.18 Å². The smallest absolute Gasteiger partial charge is 0.354 e. The molecular formula is C17H22ClF3N6O2S. The number of fused-ring (bicyclic) bond motifs is 1. The van der Waals surface area contributed by atoms with Crippen LogP contribution in [-0.2, 0) is 10.2 Å². The van der Waals surface area contributed by atoms with Gasteiger partial charge in [-0.25, -0.2) is 14.6 Å². The van der Waals surface area contributed by atoms with Crippen LogP contribution in [0.5, 0.6) is 0 Å². The summed E-state index contributed by atoms with van der Waals surface area (Å²) in [5, 5.41) is 9.92. The monoisotopic (exact) mass is 466 g/mol. The highest BCUT2D eigenvalue weighted by molar-refractivity contribution is 7.86. The number of halogens is 4. The molecule has 1 aliphatic carbocycles. The van der Waals surface area contributed by atoms with E-state index in [9.17, 15) is 21.6 Å². The fourth-order valence-electron chi connectivity index (χ4n) is 4.66. The van der Waals surface area contributed by atoms with E-state index in [0.717, 1.165) is 21.2 Å². The molecule has 1 saturated heterocycles. The van der Waals surface area contributed by atoms with Gasteiger partial charge in [0.1, 0.15) is 17.0 Å². The molecule has 0 unspecified atom stereocenters. The summed E-state index contributed by atoms with van der Waals surface area (Å²) in [6, 6.07) is 1.44. The average molecular weight is 467 g/mol. The molecule has 1 aliphatic heterocycles. The second-order valence-corrected chi connectivity index (χ2v) is 10.2. The summed E-state index contributed by atoms with van der Waals surface area (Å²) in [4.78, 5) is 6.47. The number of nitrogens with zero attached hydrogens (tertiary/aromatic N) is 5. The molecule has 0 atom stereocenters. The molecule has 1 spiro atoms. The second kappa shape index (κ2) is 7.21. The molecule has 2 N–H and O–H groups in total. The maximum absolute atomic E-state index is 12.4. The van der Waals surface area contributed by atoms with Crippen LogP contribution in [0.2, 0.25) is 5.15 Å². The Balaban J connectivity index is 1.40. The Hall–Kier alpha value is -1.63. The largest absolute Gasteiger partial charge is 0.389 e. The number of aromatic nitrogens is 3. The zero-order valence-corrected chi connectivity index (χ0v) is 17.8. The van der Waals surface area contributed by atoms with Crippen molar-refractivity contribution in [2.75, 3.05) is 24.5 Å². The van der Waals surface area contributed by atoms with E-state index in [1.807, 2.05) is 13.0 Å². The first-order valence-corrected chi connectivity index (χ1v) is 11.4. The van der Waals surface area contributed by atoms with Crippen LogP contribution in [0.25, 0.3) is 5.52 Å². The Labute approximate surface area is 177 Å². The van der Waals surface area contributed by atoms with Crippen molar-refractivity contribution in [3.8, 4) is 0 Å². The van der Waals surface area contributed by atoms with Crippen molar-refractivity contribution < 1.29 is 21.6 Å². The van der Waals surface area contributed by atoms with Crippen molar-refractivity contribution in [2.24, 2.45) is 10.6 Å². The van der Waals surface area contributed by atoms with Crippen LogP contribution < -0.4 is 10.0 Å². The predicted molar refractivity (Wildman–Crippen MR) is 106 cm³/mol. The number of alkyl halides is 3. The van der Waals surface area contributed by atoms with Gasteiger partial charge in [0, 0.05) is 37.5 Å². The highest BCUT2D eigenvalue weighted by Crippen LogP contribution is 2.52. The molecule has 30 heavy (non-hydrogen) atoms. The number of nitrogens with two attached hydrogens (primary N) is 1. The van der Waals surface area contributed by atoms with E-state index in [2.05, 4.69) is 15.0 Å². The molecule has 0 aromatic carbocycles. The molecule has 0 bridgehead atoms. The third kappa shape index (κ3) is 3.97. The Kier molecular flexibility index (Phi) is 5.19. The van der Waals surface area contributed by atoms with Gasteiger partial charge in [-0.1, -0.05) is 11.6 Å². The third-order valence-electron chi connectivity index (χ3n) is 5.94. The summed E-state index contributed by atoms with van der Waals surface area (Å²) in [7, 11) is -4.06. The Bertz CT molecular complexity index is 1060. The highest BCUT2D eigenvalue weighted by Gasteiger charge is 2.55. The number of hydrogen-bond acceptors (Lipinski definition) is 5. The zero-order chi connectivity index (χ0) is 21.9. The molecule has 2 aliphatic rings. The number of hydrogen-bond donors (Lipinski definition) is 1. The molecule has 0 amide bonds. The van der Waals surface area contributed by atoms with Crippen LogP contribution in [0, 0.1) is 12.3 Å². The van der Waals surface area contributed by atoms with Gasteiger partial charge in [-0.2, -0.15) is 31.0 Å². The summed E-state index contributed by atoms with van der Waals surface area (Å²) < 4.78 is 63.6. The molecule has 4 rings (SSSR count). The van der Waals surface area contributed by atoms with Gasteiger partial charge in [-0.15, -0.1) is 0 Å². The van der Waals surface area contributed by atoms with Crippen molar-refractivity contribution in [3.63, 3.8) is 0 Å². The Morgan fingerprint density at radius 1 is 1.37 bits per heavy atom. The zero-order valence-electron chi connectivity index (χ0n) is 16.2. The predicted octanol–water partition coefficient (Wildman–Crippen LogP) is 2.51. The highest BCUT2D eigenvalue weighted by atomic mass is 35.5. The Morgan fingerprint density at radius 3 is 2.63 bits per heavy atom. The van der Waals surface area contributed by atoms with Gasteiger partial charge < -0.3 is 4.90 Å². The van der Waals surface area contributed by atoms with Gasteiger partial charge in [0.05, 0.1) is 0 Å². The van der Waals surface area contributed by atoms with E-state index in [1.165, 1.54) is 6.33 Å². The Morgan fingerprint density at radius 2 is 2.03 bits per heavy atom. The van der Waals surface area contributed by atoms with E-state index in [4.69, 9.17) is 16.7 Å². The van der Waals surface area contributed by atoms with Crippen LogP contribution in [0.15, 0.2) is 12.4 Å². The van der Waals surface area contributed by atoms with E-state index >= 15 is 0 Å². The molecule has 2 fully saturated rings. The molecule has 2 aromatic heterocycles. The van der Waals surface area contributed by atoms with Crippen molar-refractivity contribution in [1.29, 1.82) is 0 Å².